The monoisotopic (exact) mass is 463 g/mol. The van der Waals surface area contributed by atoms with E-state index in [1.807, 2.05) is 36.1 Å². The molecule has 9 nitrogen and oxygen atoms in total. The maximum Gasteiger partial charge on any atom is 0.272 e. The quantitative estimate of drug-likeness (QED) is 0.580. The number of hydrogen-bond acceptors (Lipinski definition) is 6. The standard InChI is InChI=1S/C25H29N5O4/c1-15-4-3-5-17-21(15)28-29-22(17)25(32)30-12-8-18(23-19(30)9-13-34-23)24(31)27-11-7-16-6-10-26-14-20(16)33-2/h3-6,10,14,18-19,23H,7-9,11-13H2,1-2H3,(H,27,31)(H,28,29)/t18-,19+,23+/m0/s1. The lowest BCUT2D eigenvalue weighted by atomic mass is 9.86. The number of amides is 2. The van der Waals surface area contributed by atoms with Crippen LogP contribution in [0.2, 0.25) is 0 Å². The second-order valence-corrected chi connectivity index (χ2v) is 8.88. The van der Waals surface area contributed by atoms with Crippen molar-refractivity contribution in [2.75, 3.05) is 26.8 Å². The zero-order valence-electron chi connectivity index (χ0n) is 19.4. The van der Waals surface area contributed by atoms with E-state index < -0.39 is 0 Å². The minimum Gasteiger partial charge on any atom is -0.495 e. The number of likely N-dealkylation sites (tertiary alicyclic amines) is 1. The predicted molar refractivity (Wildman–Crippen MR) is 126 cm³/mol. The van der Waals surface area contributed by atoms with E-state index in [1.165, 1.54) is 0 Å². The molecule has 178 valence electrons. The zero-order chi connectivity index (χ0) is 23.7. The average Bonchev–Trinajstić information content (AvgIpc) is 3.51. The SMILES string of the molecule is COc1cnccc1CCNC(=O)[C@H]1CCN(C(=O)c2[nH]nc3c(C)cccc23)[C@@H]2CCO[C@H]12. The third-order valence-corrected chi connectivity index (χ3v) is 6.96. The highest BCUT2D eigenvalue weighted by molar-refractivity contribution is 6.05. The van der Waals surface area contributed by atoms with Crippen molar-refractivity contribution >= 4 is 22.7 Å². The van der Waals surface area contributed by atoms with Gasteiger partial charge in [0.25, 0.3) is 5.91 Å². The molecule has 0 bridgehead atoms. The van der Waals surface area contributed by atoms with Crippen molar-refractivity contribution in [3.05, 3.63) is 53.5 Å². The molecule has 0 saturated carbocycles. The van der Waals surface area contributed by atoms with E-state index in [1.54, 1.807) is 19.5 Å². The summed E-state index contributed by atoms with van der Waals surface area (Å²) in [5.74, 6) is 0.317. The number of aromatic amines is 1. The Balaban J connectivity index is 1.25. The molecule has 4 heterocycles. The summed E-state index contributed by atoms with van der Waals surface area (Å²) in [4.78, 5) is 32.4. The molecule has 2 aliphatic rings. The number of fused-ring (bicyclic) bond motifs is 2. The van der Waals surface area contributed by atoms with Crippen LogP contribution in [0.1, 0.15) is 34.5 Å². The van der Waals surface area contributed by atoms with Crippen molar-refractivity contribution in [3.8, 4) is 5.75 Å². The fraction of sp³-hybridized carbons (Fsp3) is 0.440. The predicted octanol–water partition coefficient (Wildman–Crippen LogP) is 2.25. The highest BCUT2D eigenvalue weighted by Crippen LogP contribution is 2.34. The highest BCUT2D eigenvalue weighted by Gasteiger charge is 2.47. The molecule has 2 saturated heterocycles. The number of H-pyrrole nitrogens is 1. The van der Waals surface area contributed by atoms with Crippen LogP contribution in [0.5, 0.6) is 5.75 Å². The molecule has 0 spiro atoms. The molecule has 2 aliphatic heterocycles. The summed E-state index contributed by atoms with van der Waals surface area (Å²) in [5, 5.41) is 11.2. The Kier molecular flexibility index (Phi) is 6.19. The number of ether oxygens (including phenoxy) is 2. The summed E-state index contributed by atoms with van der Waals surface area (Å²) in [5.41, 5.74) is 3.33. The Bertz CT molecular complexity index is 1210. The number of rotatable bonds is 6. The number of nitrogens with one attached hydrogen (secondary N) is 2. The van der Waals surface area contributed by atoms with Crippen LogP contribution in [0, 0.1) is 12.8 Å². The van der Waals surface area contributed by atoms with E-state index in [-0.39, 0.29) is 29.9 Å². The van der Waals surface area contributed by atoms with Gasteiger partial charge in [0.2, 0.25) is 5.91 Å². The Morgan fingerprint density at radius 1 is 1.29 bits per heavy atom. The molecule has 5 rings (SSSR count). The number of nitrogens with zero attached hydrogens (tertiary/aromatic N) is 3. The van der Waals surface area contributed by atoms with Gasteiger partial charge in [-0.05, 0) is 43.4 Å². The second kappa shape index (κ2) is 9.42. The largest absolute Gasteiger partial charge is 0.495 e. The summed E-state index contributed by atoms with van der Waals surface area (Å²) in [6, 6.07) is 7.60. The number of aromatic nitrogens is 3. The molecule has 2 N–H and O–H groups in total. The number of pyridine rings is 1. The minimum atomic E-state index is -0.302. The van der Waals surface area contributed by atoms with Gasteiger partial charge >= 0.3 is 0 Å². The van der Waals surface area contributed by atoms with Gasteiger partial charge in [0.15, 0.2) is 0 Å². The Morgan fingerprint density at radius 3 is 3.03 bits per heavy atom. The van der Waals surface area contributed by atoms with Crippen molar-refractivity contribution < 1.29 is 19.1 Å². The lowest BCUT2D eigenvalue weighted by Crippen LogP contribution is -2.56. The number of aryl methyl sites for hydroxylation is 1. The number of para-hydroxylation sites is 1. The number of hydrogen-bond donors (Lipinski definition) is 2. The van der Waals surface area contributed by atoms with Gasteiger partial charge in [-0.2, -0.15) is 5.10 Å². The average molecular weight is 464 g/mol. The third-order valence-electron chi connectivity index (χ3n) is 6.96. The van der Waals surface area contributed by atoms with Crippen LogP contribution in [-0.2, 0) is 16.0 Å². The van der Waals surface area contributed by atoms with Crippen LogP contribution in [-0.4, -0.2) is 70.8 Å². The summed E-state index contributed by atoms with van der Waals surface area (Å²) >= 11 is 0. The minimum absolute atomic E-state index is 0.0281. The Labute approximate surface area is 197 Å². The molecule has 0 aliphatic carbocycles. The first-order valence-electron chi connectivity index (χ1n) is 11.7. The molecule has 9 heteroatoms. The first-order valence-corrected chi connectivity index (χ1v) is 11.7. The first-order chi connectivity index (χ1) is 16.6. The van der Waals surface area contributed by atoms with E-state index in [9.17, 15) is 9.59 Å². The van der Waals surface area contributed by atoms with Gasteiger partial charge in [-0.1, -0.05) is 18.2 Å². The van der Waals surface area contributed by atoms with Crippen LogP contribution < -0.4 is 10.1 Å². The molecule has 0 radical (unpaired) electrons. The van der Waals surface area contributed by atoms with Crippen LogP contribution in [0.4, 0.5) is 0 Å². The van der Waals surface area contributed by atoms with Gasteiger partial charge < -0.3 is 19.7 Å². The summed E-state index contributed by atoms with van der Waals surface area (Å²) in [6.07, 6.45) is 5.01. The van der Waals surface area contributed by atoms with Crippen LogP contribution in [0.15, 0.2) is 36.7 Å². The van der Waals surface area contributed by atoms with E-state index >= 15 is 0 Å². The van der Waals surface area contributed by atoms with Gasteiger partial charge in [-0.25, -0.2) is 0 Å². The topological polar surface area (TPSA) is 109 Å². The van der Waals surface area contributed by atoms with Gasteiger partial charge in [-0.3, -0.25) is 19.7 Å². The third kappa shape index (κ3) is 4.00. The normalized spacial score (nSPS) is 21.9. The van der Waals surface area contributed by atoms with Gasteiger partial charge in [0.05, 0.1) is 36.9 Å². The Hall–Kier alpha value is -3.46. The van der Waals surface area contributed by atoms with Crippen LogP contribution >= 0.6 is 0 Å². The molecule has 2 aromatic heterocycles. The molecule has 3 atom stereocenters. The molecule has 2 fully saturated rings. The highest BCUT2D eigenvalue weighted by atomic mass is 16.5. The maximum atomic E-state index is 13.5. The van der Waals surface area contributed by atoms with Crippen LogP contribution in [0.25, 0.3) is 10.9 Å². The molecule has 2 amide bonds. The van der Waals surface area contributed by atoms with Crippen molar-refractivity contribution in [3.63, 3.8) is 0 Å². The smallest absolute Gasteiger partial charge is 0.272 e. The lowest BCUT2D eigenvalue weighted by Gasteiger charge is -2.40. The van der Waals surface area contributed by atoms with E-state index in [2.05, 4.69) is 20.5 Å². The summed E-state index contributed by atoms with van der Waals surface area (Å²) < 4.78 is 11.3. The summed E-state index contributed by atoms with van der Waals surface area (Å²) in [7, 11) is 1.61. The fourth-order valence-corrected chi connectivity index (χ4v) is 5.20. The molecule has 3 aromatic rings. The zero-order valence-corrected chi connectivity index (χ0v) is 19.4. The Morgan fingerprint density at radius 2 is 2.18 bits per heavy atom. The maximum absolute atomic E-state index is 13.5. The molecular formula is C25H29N5O4. The van der Waals surface area contributed by atoms with Crippen molar-refractivity contribution in [1.29, 1.82) is 0 Å². The van der Waals surface area contributed by atoms with Crippen molar-refractivity contribution in [2.45, 2.75) is 38.3 Å². The number of methoxy groups -OCH3 is 1. The second-order valence-electron chi connectivity index (χ2n) is 8.88. The molecule has 1 aromatic carbocycles. The fourth-order valence-electron chi connectivity index (χ4n) is 5.20. The molecule has 0 unspecified atom stereocenters. The van der Waals surface area contributed by atoms with Crippen LogP contribution in [0.3, 0.4) is 0 Å². The number of benzene rings is 1. The van der Waals surface area contributed by atoms with E-state index in [4.69, 9.17) is 9.47 Å². The number of carbonyl (C=O) groups excluding carboxylic acids is 2. The first kappa shape index (κ1) is 22.3. The number of carbonyl (C=O) groups is 2. The van der Waals surface area contributed by atoms with Gasteiger partial charge in [0.1, 0.15) is 11.4 Å². The van der Waals surface area contributed by atoms with Crippen molar-refractivity contribution in [2.24, 2.45) is 5.92 Å². The van der Waals surface area contributed by atoms with E-state index in [0.29, 0.717) is 44.0 Å². The van der Waals surface area contributed by atoms with E-state index in [0.717, 1.165) is 28.5 Å². The van der Waals surface area contributed by atoms with Crippen molar-refractivity contribution in [1.82, 2.24) is 25.4 Å². The lowest BCUT2D eigenvalue weighted by molar-refractivity contribution is -0.132. The molecular weight excluding hydrogens is 434 g/mol. The van der Waals surface area contributed by atoms with Gasteiger partial charge in [-0.15, -0.1) is 0 Å². The van der Waals surface area contributed by atoms with Gasteiger partial charge in [0, 0.05) is 31.3 Å². The molecule has 34 heavy (non-hydrogen) atoms. The number of piperidine rings is 1. The summed E-state index contributed by atoms with van der Waals surface area (Å²) in [6.45, 7) is 3.52.